The second-order valence-electron chi connectivity index (χ2n) is 9.81. The number of carbonyl (C=O) groups is 1. The fraction of sp³-hybridized carbons (Fsp3) is 0.600. The van der Waals surface area contributed by atoms with Crippen molar-refractivity contribution in [1.82, 2.24) is 10.6 Å². The van der Waals surface area contributed by atoms with Gasteiger partial charge in [-0.15, -0.1) is 0 Å². The van der Waals surface area contributed by atoms with E-state index in [2.05, 4.69) is 23.6 Å². The highest BCUT2D eigenvalue weighted by Gasteiger charge is 2.53. The number of hydrogen-bond donors (Lipinski definition) is 2. The van der Waals surface area contributed by atoms with Gasteiger partial charge in [0.25, 0.3) is 5.91 Å². The van der Waals surface area contributed by atoms with Crippen molar-refractivity contribution in [2.75, 3.05) is 7.11 Å². The Labute approximate surface area is 179 Å². The highest BCUT2D eigenvalue weighted by atomic mass is 16.5. The van der Waals surface area contributed by atoms with Crippen LogP contribution < -0.4 is 15.4 Å². The van der Waals surface area contributed by atoms with Crippen LogP contribution in [-0.4, -0.2) is 19.1 Å². The Hall–Kier alpha value is -2.48. The van der Waals surface area contributed by atoms with Crippen molar-refractivity contribution >= 4 is 5.91 Å². The molecule has 4 fully saturated rings. The Morgan fingerprint density at radius 3 is 2.20 bits per heavy atom. The predicted molar refractivity (Wildman–Crippen MR) is 116 cm³/mol. The first kappa shape index (κ1) is 20.8. The van der Waals surface area contributed by atoms with E-state index in [1.807, 2.05) is 31.2 Å². The van der Waals surface area contributed by atoms with E-state index in [-0.39, 0.29) is 23.6 Å². The van der Waals surface area contributed by atoms with Crippen LogP contribution in [-0.2, 0) is 4.79 Å². The van der Waals surface area contributed by atoms with Crippen LogP contribution in [0, 0.1) is 34.5 Å². The summed E-state index contributed by atoms with van der Waals surface area (Å²) in [5.74, 6) is 3.08. The van der Waals surface area contributed by atoms with Crippen molar-refractivity contribution in [1.29, 1.82) is 5.26 Å². The third-order valence-electron chi connectivity index (χ3n) is 7.81. The SMILES string of the molecule is COc1ccc(C(C)NC(=O)/C(C#N)=C\NC(C)C23CC4CC(CC(C4)C2)C3)cc1. The molecule has 5 heteroatoms. The van der Waals surface area contributed by atoms with Gasteiger partial charge in [0.15, 0.2) is 0 Å². The molecule has 0 radical (unpaired) electrons. The Morgan fingerprint density at radius 1 is 1.13 bits per heavy atom. The zero-order valence-corrected chi connectivity index (χ0v) is 18.3. The van der Waals surface area contributed by atoms with Gasteiger partial charge in [0.05, 0.1) is 13.2 Å². The molecule has 2 N–H and O–H groups in total. The van der Waals surface area contributed by atoms with Crippen LogP contribution in [0.1, 0.15) is 64.0 Å². The molecule has 0 aromatic heterocycles. The Bertz CT molecular complexity index is 817. The maximum Gasteiger partial charge on any atom is 0.263 e. The monoisotopic (exact) mass is 407 g/mol. The summed E-state index contributed by atoms with van der Waals surface area (Å²) in [7, 11) is 1.63. The summed E-state index contributed by atoms with van der Waals surface area (Å²) >= 11 is 0. The third kappa shape index (κ3) is 4.05. The van der Waals surface area contributed by atoms with Crippen LogP contribution >= 0.6 is 0 Å². The second kappa shape index (κ2) is 8.34. The number of methoxy groups -OCH3 is 1. The number of nitrogens with zero attached hydrogens (tertiary/aromatic N) is 1. The lowest BCUT2D eigenvalue weighted by molar-refractivity contribution is -0.117. The molecule has 2 unspecified atom stereocenters. The van der Waals surface area contributed by atoms with Gasteiger partial charge >= 0.3 is 0 Å². The van der Waals surface area contributed by atoms with Crippen LogP contribution in [0.15, 0.2) is 36.0 Å². The quantitative estimate of drug-likeness (QED) is 0.516. The smallest absolute Gasteiger partial charge is 0.263 e. The number of amides is 1. The first-order valence-corrected chi connectivity index (χ1v) is 11.2. The maximum absolute atomic E-state index is 12.7. The Kier molecular flexibility index (Phi) is 5.77. The molecule has 30 heavy (non-hydrogen) atoms. The fourth-order valence-corrected chi connectivity index (χ4v) is 6.49. The summed E-state index contributed by atoms with van der Waals surface area (Å²) < 4.78 is 5.18. The molecule has 1 aromatic rings. The molecule has 0 aliphatic heterocycles. The van der Waals surface area contributed by atoms with Crippen molar-refractivity contribution in [3.05, 3.63) is 41.6 Å². The largest absolute Gasteiger partial charge is 0.497 e. The first-order valence-electron chi connectivity index (χ1n) is 11.2. The van der Waals surface area contributed by atoms with Gasteiger partial charge in [-0.3, -0.25) is 4.79 Å². The molecule has 0 saturated heterocycles. The summed E-state index contributed by atoms with van der Waals surface area (Å²) in [6, 6.07) is 9.74. The topological polar surface area (TPSA) is 74.1 Å². The molecule has 4 saturated carbocycles. The Balaban J connectivity index is 1.38. The molecule has 1 aromatic carbocycles. The molecule has 5 nitrogen and oxygen atoms in total. The van der Waals surface area contributed by atoms with Gasteiger partial charge < -0.3 is 15.4 Å². The van der Waals surface area contributed by atoms with Crippen LogP contribution in [0.25, 0.3) is 0 Å². The number of nitriles is 1. The van der Waals surface area contributed by atoms with E-state index in [0.29, 0.717) is 5.41 Å². The molecule has 4 bridgehead atoms. The highest BCUT2D eigenvalue weighted by molar-refractivity contribution is 5.97. The van der Waals surface area contributed by atoms with E-state index in [1.165, 1.54) is 38.5 Å². The molecular formula is C25H33N3O2. The van der Waals surface area contributed by atoms with Crippen LogP contribution in [0.5, 0.6) is 5.75 Å². The predicted octanol–water partition coefficient (Wildman–Crippen LogP) is 4.47. The molecule has 0 spiro atoms. The molecule has 4 aliphatic rings. The normalized spacial score (nSPS) is 31.5. The molecular weight excluding hydrogens is 374 g/mol. The summed E-state index contributed by atoms with van der Waals surface area (Å²) in [5.41, 5.74) is 1.43. The van der Waals surface area contributed by atoms with Gasteiger partial charge in [-0.1, -0.05) is 12.1 Å². The minimum absolute atomic E-state index is 0.131. The van der Waals surface area contributed by atoms with Crippen molar-refractivity contribution < 1.29 is 9.53 Å². The zero-order chi connectivity index (χ0) is 21.3. The third-order valence-corrected chi connectivity index (χ3v) is 7.81. The van der Waals surface area contributed by atoms with E-state index >= 15 is 0 Å². The fourth-order valence-electron chi connectivity index (χ4n) is 6.49. The lowest BCUT2D eigenvalue weighted by atomic mass is 9.48. The molecule has 5 rings (SSSR count). The first-order chi connectivity index (χ1) is 14.4. The zero-order valence-electron chi connectivity index (χ0n) is 18.3. The van der Waals surface area contributed by atoms with Gasteiger partial charge in [0.2, 0.25) is 0 Å². The summed E-state index contributed by atoms with van der Waals surface area (Å²) in [4.78, 5) is 12.7. The molecule has 1 amide bonds. The number of rotatable bonds is 7. The highest BCUT2D eigenvalue weighted by Crippen LogP contribution is 2.61. The van der Waals surface area contributed by atoms with Gasteiger partial charge in [0, 0.05) is 12.2 Å². The van der Waals surface area contributed by atoms with E-state index < -0.39 is 0 Å². The number of carbonyl (C=O) groups excluding carboxylic acids is 1. The van der Waals surface area contributed by atoms with Crippen molar-refractivity contribution in [2.24, 2.45) is 23.2 Å². The van der Waals surface area contributed by atoms with E-state index in [0.717, 1.165) is 29.1 Å². The maximum atomic E-state index is 12.7. The van der Waals surface area contributed by atoms with Crippen LogP contribution in [0.2, 0.25) is 0 Å². The van der Waals surface area contributed by atoms with E-state index in [9.17, 15) is 10.1 Å². The second-order valence-corrected chi connectivity index (χ2v) is 9.81. The van der Waals surface area contributed by atoms with Crippen molar-refractivity contribution in [3.8, 4) is 11.8 Å². The van der Waals surface area contributed by atoms with Gasteiger partial charge in [-0.25, -0.2) is 0 Å². The van der Waals surface area contributed by atoms with Crippen LogP contribution in [0.3, 0.4) is 0 Å². The van der Waals surface area contributed by atoms with Crippen LogP contribution in [0.4, 0.5) is 0 Å². The summed E-state index contributed by atoms with van der Waals surface area (Å²) in [6.45, 7) is 4.15. The summed E-state index contributed by atoms with van der Waals surface area (Å²) in [6.07, 6.45) is 9.76. The minimum atomic E-state index is -0.342. The molecule has 2 atom stereocenters. The number of ether oxygens (including phenoxy) is 1. The van der Waals surface area contributed by atoms with Crippen molar-refractivity contribution in [3.63, 3.8) is 0 Å². The average Bonchev–Trinajstić information content (AvgIpc) is 2.73. The standard InChI is InChI=1S/C25H33N3O2/c1-16(21-4-6-23(30-3)7-5-21)28-24(29)22(14-26)15-27-17(2)25-11-18-8-19(12-25)10-20(9-18)13-25/h4-7,15-20,27H,8-13H2,1-3H3,(H,28,29)/b22-15-. The number of benzene rings is 1. The molecule has 160 valence electrons. The van der Waals surface area contributed by atoms with Crippen molar-refractivity contribution in [2.45, 2.75) is 64.5 Å². The number of hydrogen-bond acceptors (Lipinski definition) is 4. The van der Waals surface area contributed by atoms with Gasteiger partial charge in [0.1, 0.15) is 17.4 Å². The molecule has 4 aliphatic carbocycles. The Morgan fingerprint density at radius 2 is 1.70 bits per heavy atom. The minimum Gasteiger partial charge on any atom is -0.497 e. The average molecular weight is 408 g/mol. The lowest BCUT2D eigenvalue weighted by Gasteiger charge is -2.59. The summed E-state index contributed by atoms with van der Waals surface area (Å²) in [5, 5.41) is 15.9. The van der Waals surface area contributed by atoms with E-state index in [4.69, 9.17) is 4.74 Å². The van der Waals surface area contributed by atoms with Gasteiger partial charge in [-0.2, -0.15) is 5.26 Å². The van der Waals surface area contributed by atoms with Gasteiger partial charge in [-0.05, 0) is 93.2 Å². The molecule has 0 heterocycles. The number of nitrogens with one attached hydrogen (secondary N) is 2. The van der Waals surface area contributed by atoms with E-state index in [1.54, 1.807) is 13.3 Å². The lowest BCUT2D eigenvalue weighted by Crippen LogP contribution is -2.54.